The van der Waals surface area contributed by atoms with Gasteiger partial charge in [0, 0.05) is 34.5 Å². The highest BCUT2D eigenvalue weighted by Crippen LogP contribution is 2.27. The number of pyridine rings is 1. The summed E-state index contributed by atoms with van der Waals surface area (Å²) >= 11 is 12.1. The number of aromatic nitrogens is 1. The van der Waals surface area contributed by atoms with Crippen molar-refractivity contribution in [2.24, 2.45) is 0 Å². The molecular weight excluding hydrogens is 279 g/mol. The molecule has 1 N–H and O–H groups in total. The minimum Gasteiger partial charge on any atom is -0.304 e. The fourth-order valence-corrected chi connectivity index (χ4v) is 2.62. The molecule has 1 heterocycles. The summed E-state index contributed by atoms with van der Waals surface area (Å²) in [5.74, 6) is 0. The van der Waals surface area contributed by atoms with Crippen LogP contribution in [0.3, 0.4) is 0 Å². The van der Waals surface area contributed by atoms with Gasteiger partial charge in [0.25, 0.3) is 0 Å². The van der Waals surface area contributed by atoms with Gasteiger partial charge >= 0.3 is 0 Å². The highest BCUT2D eigenvalue weighted by Gasteiger charge is 2.13. The molecule has 0 fully saturated rings. The Hall–Kier alpha value is -1.09. The monoisotopic (exact) mass is 294 g/mol. The van der Waals surface area contributed by atoms with E-state index in [-0.39, 0.29) is 12.1 Å². The van der Waals surface area contributed by atoms with E-state index in [1.54, 1.807) is 12.3 Å². The molecule has 1 aromatic carbocycles. The lowest BCUT2D eigenvalue weighted by molar-refractivity contribution is 0.494. The van der Waals surface area contributed by atoms with Crippen LogP contribution >= 0.6 is 23.2 Å². The van der Waals surface area contributed by atoms with Gasteiger partial charge in [0.15, 0.2) is 0 Å². The SMILES string of the molecule is CC(NC(C)c1ccc(Cl)cc1Cl)c1cccnc1. The van der Waals surface area contributed by atoms with E-state index < -0.39 is 0 Å². The maximum Gasteiger partial charge on any atom is 0.0468 e. The van der Waals surface area contributed by atoms with E-state index in [0.717, 1.165) is 11.1 Å². The van der Waals surface area contributed by atoms with Gasteiger partial charge in [-0.25, -0.2) is 0 Å². The van der Waals surface area contributed by atoms with Crippen LogP contribution in [0.15, 0.2) is 42.7 Å². The average molecular weight is 295 g/mol. The number of halogens is 2. The standard InChI is InChI=1S/C15H16Cl2N2/c1-10(12-4-3-7-18-9-12)19-11(2)14-6-5-13(16)8-15(14)17/h3-11,19H,1-2H3. The number of rotatable bonds is 4. The van der Waals surface area contributed by atoms with Gasteiger partial charge in [0.1, 0.15) is 0 Å². The number of benzene rings is 1. The molecule has 2 nitrogen and oxygen atoms in total. The zero-order chi connectivity index (χ0) is 13.8. The fraction of sp³-hybridized carbons (Fsp3) is 0.267. The Balaban J connectivity index is 2.10. The third-order valence-electron chi connectivity index (χ3n) is 3.11. The largest absolute Gasteiger partial charge is 0.304 e. The first-order valence-corrected chi connectivity index (χ1v) is 6.94. The van der Waals surface area contributed by atoms with Crippen LogP contribution in [0.25, 0.3) is 0 Å². The summed E-state index contributed by atoms with van der Waals surface area (Å²) < 4.78 is 0. The summed E-state index contributed by atoms with van der Waals surface area (Å²) in [5.41, 5.74) is 2.20. The van der Waals surface area contributed by atoms with Crippen molar-refractivity contribution in [2.45, 2.75) is 25.9 Å². The smallest absolute Gasteiger partial charge is 0.0468 e. The average Bonchev–Trinajstić information content (AvgIpc) is 2.39. The summed E-state index contributed by atoms with van der Waals surface area (Å²) in [7, 11) is 0. The zero-order valence-electron chi connectivity index (χ0n) is 10.9. The summed E-state index contributed by atoms with van der Waals surface area (Å²) in [4.78, 5) is 4.13. The Morgan fingerprint density at radius 1 is 1.11 bits per heavy atom. The molecule has 100 valence electrons. The molecule has 2 aromatic rings. The van der Waals surface area contributed by atoms with E-state index >= 15 is 0 Å². The van der Waals surface area contributed by atoms with E-state index in [2.05, 4.69) is 30.2 Å². The highest BCUT2D eigenvalue weighted by molar-refractivity contribution is 6.35. The van der Waals surface area contributed by atoms with E-state index in [4.69, 9.17) is 23.2 Å². The molecule has 0 saturated carbocycles. The van der Waals surface area contributed by atoms with Crippen molar-refractivity contribution in [1.82, 2.24) is 10.3 Å². The maximum atomic E-state index is 6.22. The minimum atomic E-state index is 0.139. The Labute approximate surface area is 123 Å². The van der Waals surface area contributed by atoms with E-state index in [1.165, 1.54) is 0 Å². The molecule has 0 aliphatic heterocycles. The van der Waals surface area contributed by atoms with Gasteiger partial charge < -0.3 is 5.32 Å². The van der Waals surface area contributed by atoms with Crippen molar-refractivity contribution in [3.8, 4) is 0 Å². The minimum absolute atomic E-state index is 0.139. The first kappa shape index (κ1) is 14.3. The number of hydrogen-bond donors (Lipinski definition) is 1. The second-order valence-electron chi connectivity index (χ2n) is 4.56. The molecular formula is C15H16Cl2N2. The lowest BCUT2D eigenvalue weighted by Crippen LogP contribution is -2.22. The molecule has 0 spiro atoms. The predicted molar refractivity (Wildman–Crippen MR) is 80.7 cm³/mol. The van der Waals surface area contributed by atoms with Crippen LogP contribution in [-0.2, 0) is 0 Å². The second kappa shape index (κ2) is 6.38. The van der Waals surface area contributed by atoms with Gasteiger partial charge in [0.05, 0.1) is 0 Å². The predicted octanol–water partition coefficient (Wildman–Crippen LogP) is 4.80. The van der Waals surface area contributed by atoms with Crippen molar-refractivity contribution in [3.63, 3.8) is 0 Å². The van der Waals surface area contributed by atoms with Crippen LogP contribution in [0.5, 0.6) is 0 Å². The molecule has 4 heteroatoms. The van der Waals surface area contributed by atoms with Crippen LogP contribution in [0.2, 0.25) is 10.0 Å². The molecule has 0 saturated heterocycles. The Morgan fingerprint density at radius 3 is 2.53 bits per heavy atom. The molecule has 0 aliphatic carbocycles. The molecule has 2 unspecified atom stereocenters. The molecule has 0 aliphatic rings. The molecule has 1 aromatic heterocycles. The quantitative estimate of drug-likeness (QED) is 0.876. The normalized spacial score (nSPS) is 14.1. The fourth-order valence-electron chi connectivity index (χ4n) is 2.05. The van der Waals surface area contributed by atoms with E-state index in [1.807, 2.05) is 24.4 Å². The first-order chi connectivity index (χ1) is 9.08. The van der Waals surface area contributed by atoms with Crippen molar-refractivity contribution in [3.05, 3.63) is 63.9 Å². The number of hydrogen-bond acceptors (Lipinski definition) is 2. The lowest BCUT2D eigenvalue weighted by atomic mass is 10.1. The molecule has 0 bridgehead atoms. The van der Waals surface area contributed by atoms with Crippen molar-refractivity contribution >= 4 is 23.2 Å². The number of nitrogens with one attached hydrogen (secondary N) is 1. The Morgan fingerprint density at radius 2 is 1.89 bits per heavy atom. The zero-order valence-corrected chi connectivity index (χ0v) is 12.4. The lowest BCUT2D eigenvalue weighted by Gasteiger charge is -2.21. The van der Waals surface area contributed by atoms with Crippen LogP contribution in [0, 0.1) is 0 Å². The highest BCUT2D eigenvalue weighted by atomic mass is 35.5. The molecule has 19 heavy (non-hydrogen) atoms. The van der Waals surface area contributed by atoms with E-state index in [0.29, 0.717) is 10.0 Å². The summed E-state index contributed by atoms with van der Waals surface area (Å²) in [6.45, 7) is 4.19. The van der Waals surface area contributed by atoms with Gasteiger partial charge in [0.2, 0.25) is 0 Å². The third-order valence-corrected chi connectivity index (χ3v) is 3.68. The van der Waals surface area contributed by atoms with Crippen LogP contribution in [-0.4, -0.2) is 4.98 Å². The summed E-state index contributed by atoms with van der Waals surface area (Å²) in [6.07, 6.45) is 3.64. The topological polar surface area (TPSA) is 24.9 Å². The van der Waals surface area contributed by atoms with Crippen LogP contribution < -0.4 is 5.32 Å². The van der Waals surface area contributed by atoms with Crippen molar-refractivity contribution in [2.75, 3.05) is 0 Å². The summed E-state index contributed by atoms with van der Waals surface area (Å²) in [6, 6.07) is 9.92. The van der Waals surface area contributed by atoms with Gasteiger partial charge in [-0.1, -0.05) is 35.3 Å². The Bertz CT molecular complexity index is 543. The van der Waals surface area contributed by atoms with Crippen LogP contribution in [0.1, 0.15) is 37.1 Å². The van der Waals surface area contributed by atoms with Crippen molar-refractivity contribution < 1.29 is 0 Å². The van der Waals surface area contributed by atoms with Crippen molar-refractivity contribution in [1.29, 1.82) is 0 Å². The van der Waals surface area contributed by atoms with Gasteiger partial charge in [-0.2, -0.15) is 0 Å². The molecule has 0 radical (unpaired) electrons. The first-order valence-electron chi connectivity index (χ1n) is 6.19. The van der Waals surface area contributed by atoms with E-state index in [9.17, 15) is 0 Å². The molecule has 0 amide bonds. The molecule has 2 rings (SSSR count). The molecule has 2 atom stereocenters. The van der Waals surface area contributed by atoms with Gasteiger partial charge in [-0.3, -0.25) is 4.98 Å². The van der Waals surface area contributed by atoms with Gasteiger partial charge in [-0.05, 0) is 43.2 Å². The van der Waals surface area contributed by atoms with Gasteiger partial charge in [-0.15, -0.1) is 0 Å². The summed E-state index contributed by atoms with van der Waals surface area (Å²) in [5, 5.41) is 4.85. The third kappa shape index (κ3) is 3.69. The van der Waals surface area contributed by atoms with Crippen LogP contribution in [0.4, 0.5) is 0 Å². The Kier molecular flexibility index (Phi) is 4.81. The number of nitrogens with zero attached hydrogens (tertiary/aromatic N) is 1. The second-order valence-corrected chi connectivity index (χ2v) is 5.41. The maximum absolute atomic E-state index is 6.22.